The van der Waals surface area contributed by atoms with E-state index in [1.807, 2.05) is 0 Å². The molecule has 33 heavy (non-hydrogen) atoms. The fourth-order valence-corrected chi connectivity index (χ4v) is 5.61. The highest BCUT2D eigenvalue weighted by Gasteiger charge is 2.12. The second-order valence-corrected chi connectivity index (χ2v) is 10.6. The van der Waals surface area contributed by atoms with Crippen molar-refractivity contribution in [1.82, 2.24) is 9.80 Å². The number of rotatable bonds is 0. The van der Waals surface area contributed by atoms with Crippen molar-refractivity contribution in [1.29, 1.82) is 0 Å². The van der Waals surface area contributed by atoms with Crippen LogP contribution in [0.2, 0.25) is 0 Å². The maximum Gasteiger partial charge on any atom is 0.0193 e. The molecule has 186 valence electrons. The van der Waals surface area contributed by atoms with Gasteiger partial charge in [0.1, 0.15) is 0 Å². The fraction of sp³-hybridized carbons (Fsp3) is 0.742. The Bertz CT molecular complexity index is 627. The van der Waals surface area contributed by atoms with Crippen LogP contribution in [0.5, 0.6) is 0 Å². The molecule has 2 atom stereocenters. The van der Waals surface area contributed by atoms with E-state index in [0.29, 0.717) is 0 Å². The molecular weight excluding hydrogens is 400 g/mol. The molecule has 3 rings (SSSR count). The lowest BCUT2D eigenvalue weighted by molar-refractivity contribution is 0.291. The van der Waals surface area contributed by atoms with Crippen molar-refractivity contribution in [2.75, 3.05) is 39.3 Å². The van der Waals surface area contributed by atoms with Gasteiger partial charge in [-0.3, -0.25) is 9.80 Å². The Morgan fingerprint density at radius 3 is 1.33 bits per heavy atom. The quantitative estimate of drug-likeness (QED) is 0.341. The van der Waals surface area contributed by atoms with Gasteiger partial charge in [-0.25, -0.2) is 0 Å². The first kappa shape index (κ1) is 26.5. The molecule has 0 spiro atoms. The van der Waals surface area contributed by atoms with Gasteiger partial charge in [0.15, 0.2) is 0 Å². The van der Waals surface area contributed by atoms with E-state index < -0.39 is 0 Å². The summed E-state index contributed by atoms with van der Waals surface area (Å²) < 4.78 is 0. The zero-order valence-electron chi connectivity index (χ0n) is 21.6. The summed E-state index contributed by atoms with van der Waals surface area (Å²) in [6, 6.07) is 0. The van der Waals surface area contributed by atoms with Crippen molar-refractivity contribution in [2.24, 2.45) is 0 Å². The van der Waals surface area contributed by atoms with Gasteiger partial charge in [-0.1, -0.05) is 79.7 Å². The summed E-state index contributed by atoms with van der Waals surface area (Å²) in [7, 11) is 0. The Hall–Kier alpha value is -1.12. The van der Waals surface area contributed by atoms with Crippen LogP contribution in [-0.4, -0.2) is 49.1 Å². The zero-order valence-corrected chi connectivity index (χ0v) is 21.6. The van der Waals surface area contributed by atoms with E-state index in [9.17, 15) is 0 Å². The van der Waals surface area contributed by atoms with Crippen LogP contribution in [0.1, 0.15) is 109 Å². The van der Waals surface area contributed by atoms with Crippen molar-refractivity contribution in [3.8, 4) is 0 Å². The molecule has 3 heterocycles. The third-order valence-corrected chi connectivity index (χ3v) is 7.65. The van der Waals surface area contributed by atoms with E-state index in [2.05, 4.69) is 46.3 Å². The Kier molecular flexibility index (Phi) is 13.9. The lowest BCUT2D eigenvalue weighted by Crippen LogP contribution is -2.30. The molecule has 0 saturated carbocycles. The number of allylic oxidation sites excluding steroid dienone is 2. The molecule has 2 unspecified atom stereocenters. The normalized spacial score (nSPS) is 30.3. The Morgan fingerprint density at radius 1 is 0.394 bits per heavy atom. The molecule has 2 heteroatoms. The molecular formula is C31H52N2. The Morgan fingerprint density at radius 2 is 0.788 bits per heavy atom. The highest BCUT2D eigenvalue weighted by molar-refractivity contribution is 5.09. The van der Waals surface area contributed by atoms with Gasteiger partial charge in [0.05, 0.1) is 0 Å². The molecule has 0 amide bonds. The highest BCUT2D eigenvalue weighted by Crippen LogP contribution is 2.19. The zero-order chi connectivity index (χ0) is 22.8. The summed E-state index contributed by atoms with van der Waals surface area (Å²) in [6.45, 7) is 7.46. The monoisotopic (exact) mass is 452 g/mol. The summed E-state index contributed by atoms with van der Waals surface area (Å²) in [5.41, 5.74) is 3.41. The van der Waals surface area contributed by atoms with Gasteiger partial charge in [-0.2, -0.15) is 0 Å². The van der Waals surface area contributed by atoms with Crippen molar-refractivity contribution in [3.05, 3.63) is 47.6 Å². The molecule has 0 fully saturated rings. The first-order chi connectivity index (χ1) is 16.4. The number of nitrogens with zero attached hydrogens (tertiary/aromatic N) is 2. The highest BCUT2D eigenvalue weighted by atomic mass is 15.1. The lowest BCUT2D eigenvalue weighted by atomic mass is 10.0. The molecule has 0 aromatic carbocycles. The fourth-order valence-electron chi connectivity index (χ4n) is 5.61. The summed E-state index contributed by atoms with van der Waals surface area (Å²) >= 11 is 0. The first-order valence-electron chi connectivity index (χ1n) is 14.5. The Labute approximate surface area is 205 Å². The second kappa shape index (κ2) is 17.3. The average Bonchev–Trinajstić information content (AvgIpc) is 2.84. The number of fused-ring (bicyclic) bond motifs is 4. The summed E-state index contributed by atoms with van der Waals surface area (Å²) in [5.74, 6) is 0. The maximum atomic E-state index is 2.68. The minimum absolute atomic E-state index is 1.22. The Balaban J connectivity index is 1.39. The van der Waals surface area contributed by atoms with Crippen LogP contribution in [0.25, 0.3) is 0 Å². The first-order valence-corrected chi connectivity index (χ1v) is 14.5. The molecule has 0 aliphatic carbocycles. The van der Waals surface area contributed by atoms with Gasteiger partial charge >= 0.3 is 0 Å². The molecule has 3 aliphatic heterocycles. The molecule has 0 N–H and O–H groups in total. The van der Waals surface area contributed by atoms with E-state index in [4.69, 9.17) is 0 Å². The van der Waals surface area contributed by atoms with Gasteiger partial charge < -0.3 is 0 Å². The molecule has 0 aromatic rings. The largest absolute Gasteiger partial charge is 0.299 e. The molecule has 0 saturated heterocycles. The molecule has 0 aromatic heterocycles. The summed E-state index contributed by atoms with van der Waals surface area (Å²) in [6.07, 6.45) is 37.6. The predicted molar refractivity (Wildman–Crippen MR) is 146 cm³/mol. The third-order valence-electron chi connectivity index (χ3n) is 7.65. The SMILES string of the molecule is C1=C2CCCCC/C=C\CCN3CCC=C(CCCCCCCC/C=C\CCN(CC1)C2)C3. The van der Waals surface area contributed by atoms with Gasteiger partial charge in [-0.05, 0) is 77.0 Å². The molecule has 2 nitrogen and oxygen atoms in total. The van der Waals surface area contributed by atoms with E-state index in [0.717, 1.165) is 0 Å². The van der Waals surface area contributed by atoms with Crippen molar-refractivity contribution < 1.29 is 0 Å². The van der Waals surface area contributed by atoms with Crippen LogP contribution in [0.15, 0.2) is 47.6 Å². The van der Waals surface area contributed by atoms with E-state index in [1.165, 1.54) is 148 Å². The van der Waals surface area contributed by atoms with Crippen molar-refractivity contribution >= 4 is 0 Å². The van der Waals surface area contributed by atoms with Gasteiger partial charge in [0.25, 0.3) is 0 Å². The van der Waals surface area contributed by atoms with Gasteiger partial charge in [0.2, 0.25) is 0 Å². The number of hydrogen-bond donors (Lipinski definition) is 0. The van der Waals surface area contributed by atoms with Gasteiger partial charge in [0, 0.05) is 39.3 Å². The van der Waals surface area contributed by atoms with Gasteiger partial charge in [-0.15, -0.1) is 0 Å². The van der Waals surface area contributed by atoms with Crippen LogP contribution in [0.4, 0.5) is 0 Å². The molecule has 3 aliphatic rings. The van der Waals surface area contributed by atoms with Crippen LogP contribution in [0, 0.1) is 0 Å². The van der Waals surface area contributed by atoms with Crippen LogP contribution >= 0.6 is 0 Å². The van der Waals surface area contributed by atoms with Crippen LogP contribution < -0.4 is 0 Å². The smallest absolute Gasteiger partial charge is 0.0193 e. The van der Waals surface area contributed by atoms with Crippen LogP contribution in [-0.2, 0) is 0 Å². The minimum atomic E-state index is 1.22. The van der Waals surface area contributed by atoms with E-state index in [1.54, 1.807) is 11.1 Å². The topological polar surface area (TPSA) is 6.48 Å². The van der Waals surface area contributed by atoms with Crippen LogP contribution in [0.3, 0.4) is 0 Å². The number of hydrogen-bond acceptors (Lipinski definition) is 2. The predicted octanol–water partition coefficient (Wildman–Crippen LogP) is 8.23. The van der Waals surface area contributed by atoms with E-state index >= 15 is 0 Å². The summed E-state index contributed by atoms with van der Waals surface area (Å²) in [4.78, 5) is 5.36. The average molecular weight is 453 g/mol. The summed E-state index contributed by atoms with van der Waals surface area (Å²) in [5, 5.41) is 0. The standard InChI is InChI=1S/C31H52N2/c1-2-4-8-12-16-24-32-26-19-23-31(29-32)21-15-11-7-5-9-13-17-25-33-27-18-22-30(28-33)20-14-10-6-3-1/h8-9,12-13,22-23H,1-7,10-11,14-21,24-29H2/b12-8-,13-9-. The van der Waals surface area contributed by atoms with Crippen molar-refractivity contribution in [2.45, 2.75) is 109 Å². The van der Waals surface area contributed by atoms with Crippen molar-refractivity contribution in [3.63, 3.8) is 0 Å². The lowest BCUT2D eigenvalue weighted by Gasteiger charge is -2.27. The maximum absolute atomic E-state index is 2.68. The van der Waals surface area contributed by atoms with E-state index in [-0.39, 0.29) is 0 Å². The molecule has 4 bridgehead atoms. The third kappa shape index (κ3) is 12.2. The second-order valence-electron chi connectivity index (χ2n) is 10.6. The minimum Gasteiger partial charge on any atom is -0.299 e. The molecule has 0 radical (unpaired) electrons.